The van der Waals surface area contributed by atoms with E-state index in [0.717, 1.165) is 54.9 Å². The average Bonchev–Trinajstić information content (AvgIpc) is 2.92. The first-order valence-electron chi connectivity index (χ1n) is 15.2. The first-order chi connectivity index (χ1) is 18.3. The smallest absolute Gasteiger partial charge is 0.0639 e. The summed E-state index contributed by atoms with van der Waals surface area (Å²) in [6.45, 7) is 6.80. The Kier molecular flexibility index (Phi) is 17.1. The van der Waals surface area contributed by atoms with Crippen molar-refractivity contribution in [1.82, 2.24) is 0 Å². The second kappa shape index (κ2) is 20.6. The maximum Gasteiger partial charge on any atom is 0.0639 e. The second-order valence-electron chi connectivity index (χ2n) is 10.3. The van der Waals surface area contributed by atoms with Gasteiger partial charge in [-0.1, -0.05) is 127 Å². The van der Waals surface area contributed by atoms with E-state index in [0.29, 0.717) is 0 Å². The van der Waals surface area contributed by atoms with Crippen LogP contribution in [-0.2, 0) is 0 Å². The van der Waals surface area contributed by atoms with Crippen molar-refractivity contribution < 1.29 is 0 Å². The van der Waals surface area contributed by atoms with Gasteiger partial charge in [-0.15, -0.1) is 0 Å². The first kappa shape index (κ1) is 30.7. The summed E-state index contributed by atoms with van der Waals surface area (Å²) in [7, 11) is 0. The van der Waals surface area contributed by atoms with Crippen molar-refractivity contribution in [2.45, 2.75) is 124 Å². The molecule has 0 amide bonds. The Hall–Kier alpha value is -2.48. The number of hydrogen-bond acceptors (Lipinski definition) is 2. The van der Waals surface area contributed by atoms with Gasteiger partial charge in [0.2, 0.25) is 0 Å². The third-order valence-corrected chi connectivity index (χ3v) is 6.81. The van der Waals surface area contributed by atoms with E-state index in [2.05, 4.69) is 87.5 Å². The topological polar surface area (TPSA) is 24.7 Å². The highest BCUT2D eigenvalue weighted by molar-refractivity contribution is 6.43. The van der Waals surface area contributed by atoms with E-state index in [4.69, 9.17) is 9.98 Å². The van der Waals surface area contributed by atoms with Crippen LogP contribution in [0.15, 0.2) is 70.7 Å². The monoisotopic (exact) mass is 500 g/mol. The molecule has 2 rings (SSSR count). The van der Waals surface area contributed by atoms with Gasteiger partial charge in [0, 0.05) is 0 Å². The third-order valence-electron chi connectivity index (χ3n) is 6.81. The summed E-state index contributed by atoms with van der Waals surface area (Å²) < 4.78 is 0. The standard InChI is InChI=1S/C35H52N2/c1-4-7-10-12-13-14-15-16-18-23-31-24-22-27-33(30-31)37-34(28-9-6-3)35(29-21-11-8-5-2)36-32-25-19-17-20-26-32/h17-20,22-27,30H,4-16,21,28-29H2,1-3H3/b23-18+,36-35?,37-34?. The summed E-state index contributed by atoms with van der Waals surface area (Å²) in [6, 6.07) is 19.1. The van der Waals surface area contributed by atoms with Crippen molar-refractivity contribution in [2.24, 2.45) is 9.98 Å². The molecule has 0 fully saturated rings. The number of aliphatic imine (C=N–C) groups is 2. The van der Waals surface area contributed by atoms with Gasteiger partial charge < -0.3 is 0 Å². The van der Waals surface area contributed by atoms with Crippen LogP contribution < -0.4 is 0 Å². The lowest BCUT2D eigenvalue weighted by Crippen LogP contribution is -2.14. The van der Waals surface area contributed by atoms with Gasteiger partial charge in [0.05, 0.1) is 22.8 Å². The quantitative estimate of drug-likeness (QED) is 0.127. The zero-order valence-electron chi connectivity index (χ0n) is 24.1. The number of nitrogens with zero attached hydrogens (tertiary/aromatic N) is 2. The molecule has 37 heavy (non-hydrogen) atoms. The Morgan fingerprint density at radius 2 is 1.14 bits per heavy atom. The van der Waals surface area contributed by atoms with Crippen LogP contribution in [0.1, 0.15) is 129 Å². The molecule has 0 saturated heterocycles. The SMILES string of the molecule is CCCCCCCCC/C=C/c1cccc(N=C(CCCC)C(CCCCCC)=Nc2ccccc2)c1. The van der Waals surface area contributed by atoms with Gasteiger partial charge in [0.25, 0.3) is 0 Å². The molecule has 0 aromatic heterocycles. The summed E-state index contributed by atoms with van der Waals surface area (Å²) in [5.74, 6) is 0. The van der Waals surface area contributed by atoms with Crippen LogP contribution in [0.3, 0.4) is 0 Å². The lowest BCUT2D eigenvalue weighted by Gasteiger charge is -2.11. The predicted molar refractivity (Wildman–Crippen MR) is 167 cm³/mol. The molecule has 0 bridgehead atoms. The Bertz CT molecular complexity index is 923. The molecule has 0 unspecified atom stereocenters. The van der Waals surface area contributed by atoms with Crippen molar-refractivity contribution in [2.75, 3.05) is 0 Å². The Morgan fingerprint density at radius 1 is 0.568 bits per heavy atom. The van der Waals surface area contributed by atoms with Crippen LogP contribution in [0.5, 0.6) is 0 Å². The molecular formula is C35H52N2. The van der Waals surface area contributed by atoms with Crippen molar-refractivity contribution in [3.63, 3.8) is 0 Å². The summed E-state index contributed by atoms with van der Waals surface area (Å²) >= 11 is 0. The van der Waals surface area contributed by atoms with Crippen molar-refractivity contribution in [3.05, 3.63) is 66.2 Å². The van der Waals surface area contributed by atoms with E-state index < -0.39 is 0 Å². The molecule has 0 heterocycles. The molecule has 2 nitrogen and oxygen atoms in total. The molecule has 0 aliphatic rings. The Balaban J connectivity index is 2.11. The Labute approximate surface area is 228 Å². The fraction of sp³-hybridized carbons (Fsp3) is 0.543. The zero-order valence-corrected chi connectivity index (χ0v) is 24.1. The fourth-order valence-electron chi connectivity index (χ4n) is 4.54. The minimum absolute atomic E-state index is 0.980. The normalized spacial score (nSPS) is 12.5. The van der Waals surface area contributed by atoms with E-state index in [1.54, 1.807) is 0 Å². The minimum atomic E-state index is 0.980. The Morgan fingerprint density at radius 3 is 1.84 bits per heavy atom. The number of para-hydroxylation sites is 1. The molecule has 0 saturated carbocycles. The minimum Gasteiger partial charge on any atom is -0.252 e. The highest BCUT2D eigenvalue weighted by Gasteiger charge is 2.11. The largest absolute Gasteiger partial charge is 0.252 e. The van der Waals surface area contributed by atoms with Crippen molar-refractivity contribution in [1.29, 1.82) is 0 Å². The number of benzene rings is 2. The van der Waals surface area contributed by atoms with Crippen molar-refractivity contribution >= 4 is 28.9 Å². The van der Waals surface area contributed by atoms with Crippen LogP contribution in [0, 0.1) is 0 Å². The molecule has 0 aliphatic carbocycles. The van der Waals surface area contributed by atoms with E-state index >= 15 is 0 Å². The number of hydrogen-bond donors (Lipinski definition) is 0. The van der Waals surface area contributed by atoms with Crippen LogP contribution >= 0.6 is 0 Å². The molecule has 0 atom stereocenters. The lowest BCUT2D eigenvalue weighted by molar-refractivity contribution is 0.592. The van der Waals surface area contributed by atoms with E-state index in [1.807, 2.05) is 0 Å². The van der Waals surface area contributed by atoms with E-state index in [9.17, 15) is 0 Å². The van der Waals surface area contributed by atoms with Gasteiger partial charge in [0.1, 0.15) is 0 Å². The molecule has 0 N–H and O–H groups in total. The molecule has 2 aromatic carbocycles. The number of rotatable bonds is 20. The molecule has 0 radical (unpaired) electrons. The molecule has 202 valence electrons. The maximum atomic E-state index is 5.20. The average molecular weight is 501 g/mol. The van der Waals surface area contributed by atoms with Crippen LogP contribution in [0.2, 0.25) is 0 Å². The molecular weight excluding hydrogens is 448 g/mol. The van der Waals surface area contributed by atoms with Gasteiger partial charge in [-0.3, -0.25) is 9.98 Å². The van der Waals surface area contributed by atoms with Crippen LogP contribution in [0.25, 0.3) is 6.08 Å². The van der Waals surface area contributed by atoms with E-state index in [1.165, 1.54) is 76.2 Å². The highest BCUT2D eigenvalue weighted by atomic mass is 14.8. The maximum absolute atomic E-state index is 5.20. The highest BCUT2D eigenvalue weighted by Crippen LogP contribution is 2.21. The van der Waals surface area contributed by atoms with E-state index in [-0.39, 0.29) is 0 Å². The predicted octanol–water partition coefficient (Wildman–Crippen LogP) is 11.8. The number of allylic oxidation sites excluding steroid dienone is 1. The summed E-state index contributed by atoms with van der Waals surface area (Å²) in [6.07, 6.45) is 24.5. The first-order valence-corrected chi connectivity index (χ1v) is 15.2. The molecule has 0 aliphatic heterocycles. The summed E-state index contributed by atoms with van der Waals surface area (Å²) in [5, 5.41) is 0. The van der Waals surface area contributed by atoms with Gasteiger partial charge in [-0.25, -0.2) is 0 Å². The van der Waals surface area contributed by atoms with Crippen LogP contribution in [-0.4, -0.2) is 11.4 Å². The summed E-state index contributed by atoms with van der Waals surface area (Å²) in [5.41, 5.74) is 5.63. The second-order valence-corrected chi connectivity index (χ2v) is 10.3. The zero-order chi connectivity index (χ0) is 26.4. The summed E-state index contributed by atoms with van der Waals surface area (Å²) in [4.78, 5) is 10.3. The fourth-order valence-corrected chi connectivity index (χ4v) is 4.54. The molecule has 0 spiro atoms. The van der Waals surface area contributed by atoms with Gasteiger partial charge in [-0.05, 0) is 68.4 Å². The van der Waals surface area contributed by atoms with Crippen molar-refractivity contribution in [3.8, 4) is 0 Å². The number of unbranched alkanes of at least 4 members (excludes halogenated alkanes) is 11. The molecule has 2 heteroatoms. The van der Waals surface area contributed by atoms with Gasteiger partial charge in [0.15, 0.2) is 0 Å². The van der Waals surface area contributed by atoms with Gasteiger partial charge >= 0.3 is 0 Å². The van der Waals surface area contributed by atoms with Crippen LogP contribution in [0.4, 0.5) is 11.4 Å². The molecule has 2 aromatic rings. The lowest BCUT2D eigenvalue weighted by atomic mass is 10.0. The third kappa shape index (κ3) is 14.1. The van der Waals surface area contributed by atoms with Gasteiger partial charge in [-0.2, -0.15) is 0 Å².